The average molecular weight is 364 g/mol. The Morgan fingerprint density at radius 2 is 1.83 bits per heavy atom. The second kappa shape index (κ2) is 7.31. The van der Waals surface area contributed by atoms with Crippen LogP contribution in [0.5, 0.6) is 5.75 Å². The summed E-state index contributed by atoms with van der Waals surface area (Å²) in [6.07, 6.45) is 1.22. The minimum Gasteiger partial charge on any atom is -0.507 e. The predicted octanol–water partition coefficient (Wildman–Crippen LogP) is -0.145. The van der Waals surface area contributed by atoms with Gasteiger partial charge < -0.3 is 14.9 Å². The number of hydrogen-bond donors (Lipinski definition) is 3. The Balaban J connectivity index is 2.56. The molecule has 1 unspecified atom stereocenters. The van der Waals surface area contributed by atoms with Gasteiger partial charge in [-0.25, -0.2) is 0 Å². The average Bonchev–Trinajstić information content (AvgIpc) is 2.24. The van der Waals surface area contributed by atoms with Crippen LogP contribution in [0.2, 0.25) is 0 Å². The van der Waals surface area contributed by atoms with E-state index in [0.717, 1.165) is 24.2 Å². The molecule has 0 fully saturated rings. The van der Waals surface area contributed by atoms with Gasteiger partial charge in [0.1, 0.15) is 12.3 Å². The number of nitrogens with one attached hydrogen (secondary N) is 2. The molecule has 0 spiro atoms. The third kappa shape index (κ3) is 5.12. The van der Waals surface area contributed by atoms with Crippen molar-refractivity contribution in [1.29, 1.82) is 0 Å². The van der Waals surface area contributed by atoms with E-state index >= 15 is 0 Å². The van der Waals surface area contributed by atoms with Crippen LogP contribution in [0.15, 0.2) is 12.1 Å². The lowest BCUT2D eigenvalue weighted by molar-refractivity contribution is -0.903. The summed E-state index contributed by atoms with van der Waals surface area (Å²) in [6.45, 7) is 5.21. The van der Waals surface area contributed by atoms with Crippen molar-refractivity contribution in [1.82, 2.24) is 0 Å². The Bertz CT molecular complexity index is 394. The van der Waals surface area contributed by atoms with Crippen molar-refractivity contribution in [3.63, 3.8) is 0 Å². The molecule has 102 valence electrons. The fourth-order valence-corrected chi connectivity index (χ4v) is 2.94. The molecule has 0 saturated carbocycles. The van der Waals surface area contributed by atoms with E-state index in [0.29, 0.717) is 5.75 Å². The quantitative estimate of drug-likeness (QED) is 0.603. The standard InChI is InChI=1S/C14H23IN2O/c1-11-8-13(15)9-12(14(11)18)10-17(4)7-5-6-16(2)3/h8-9,18H,5-7,10H2,1-4H3/p+2. The summed E-state index contributed by atoms with van der Waals surface area (Å²) in [5.41, 5.74) is 2.04. The van der Waals surface area contributed by atoms with E-state index < -0.39 is 0 Å². The number of aryl methyl sites for hydroxylation is 1. The van der Waals surface area contributed by atoms with Crippen LogP contribution in [0.4, 0.5) is 0 Å². The third-order valence-corrected chi connectivity index (χ3v) is 3.74. The van der Waals surface area contributed by atoms with Gasteiger partial charge in [-0.3, -0.25) is 0 Å². The number of aromatic hydroxyl groups is 1. The Hall–Kier alpha value is -0.330. The second-order valence-electron chi connectivity index (χ2n) is 5.42. The number of phenolic OH excluding ortho intramolecular Hbond substituents is 1. The summed E-state index contributed by atoms with van der Waals surface area (Å²) in [5, 5.41) is 10.1. The first-order valence-electron chi connectivity index (χ1n) is 6.48. The molecule has 0 radical (unpaired) electrons. The van der Waals surface area contributed by atoms with Crippen LogP contribution in [-0.4, -0.2) is 39.3 Å². The van der Waals surface area contributed by atoms with Crippen molar-refractivity contribution < 1.29 is 14.9 Å². The van der Waals surface area contributed by atoms with Crippen molar-refractivity contribution in [3.8, 4) is 5.75 Å². The summed E-state index contributed by atoms with van der Waals surface area (Å²) in [5.74, 6) is 0.466. The molecule has 1 atom stereocenters. The first-order valence-corrected chi connectivity index (χ1v) is 7.56. The highest BCUT2D eigenvalue weighted by Gasteiger charge is 2.11. The molecule has 0 aliphatic rings. The van der Waals surface area contributed by atoms with Crippen LogP contribution < -0.4 is 9.80 Å². The Morgan fingerprint density at radius 1 is 1.17 bits per heavy atom. The van der Waals surface area contributed by atoms with E-state index in [1.165, 1.54) is 26.3 Å². The first-order chi connectivity index (χ1) is 8.40. The summed E-state index contributed by atoms with van der Waals surface area (Å²) in [6, 6.07) is 4.10. The van der Waals surface area contributed by atoms with Crippen molar-refractivity contribution in [2.75, 3.05) is 34.2 Å². The van der Waals surface area contributed by atoms with Gasteiger partial charge in [-0.15, -0.1) is 0 Å². The number of benzene rings is 1. The van der Waals surface area contributed by atoms with Crippen molar-refractivity contribution >= 4 is 22.6 Å². The summed E-state index contributed by atoms with van der Waals surface area (Å²) >= 11 is 2.31. The van der Waals surface area contributed by atoms with E-state index in [-0.39, 0.29) is 0 Å². The molecule has 0 amide bonds. The lowest BCUT2D eigenvalue weighted by Crippen LogP contribution is -3.10. The molecule has 1 aromatic rings. The number of halogens is 1. The smallest absolute Gasteiger partial charge is 0.127 e. The zero-order valence-corrected chi connectivity index (χ0v) is 14.0. The number of phenols is 1. The number of rotatable bonds is 6. The van der Waals surface area contributed by atoms with E-state index in [2.05, 4.69) is 49.8 Å². The lowest BCUT2D eigenvalue weighted by atomic mass is 10.1. The molecule has 4 heteroatoms. The largest absolute Gasteiger partial charge is 0.507 e. The molecule has 0 heterocycles. The topological polar surface area (TPSA) is 29.1 Å². The van der Waals surface area contributed by atoms with Crippen LogP contribution in [-0.2, 0) is 6.54 Å². The molecule has 0 aromatic heterocycles. The number of quaternary nitrogens is 2. The predicted molar refractivity (Wildman–Crippen MR) is 83.3 cm³/mol. The zero-order chi connectivity index (χ0) is 13.7. The highest BCUT2D eigenvalue weighted by atomic mass is 127. The van der Waals surface area contributed by atoms with E-state index in [1.54, 1.807) is 0 Å². The lowest BCUT2D eigenvalue weighted by Gasteiger charge is -2.16. The third-order valence-electron chi connectivity index (χ3n) is 3.12. The van der Waals surface area contributed by atoms with Crippen LogP contribution >= 0.6 is 22.6 Å². The van der Waals surface area contributed by atoms with Crippen LogP contribution in [0.3, 0.4) is 0 Å². The normalized spacial score (nSPS) is 13.0. The Morgan fingerprint density at radius 3 is 2.44 bits per heavy atom. The molecule has 3 N–H and O–H groups in total. The fraction of sp³-hybridized carbons (Fsp3) is 0.571. The molecule has 1 rings (SSSR count). The van der Waals surface area contributed by atoms with Gasteiger partial charge in [0.2, 0.25) is 0 Å². The Kier molecular flexibility index (Phi) is 6.38. The molecule has 1 aromatic carbocycles. The summed E-state index contributed by atoms with van der Waals surface area (Å²) < 4.78 is 1.20. The van der Waals surface area contributed by atoms with Crippen LogP contribution in [0.1, 0.15) is 17.5 Å². The van der Waals surface area contributed by atoms with Crippen molar-refractivity contribution in [2.24, 2.45) is 0 Å². The van der Waals surface area contributed by atoms with Crippen molar-refractivity contribution in [3.05, 3.63) is 26.8 Å². The summed E-state index contributed by atoms with van der Waals surface area (Å²) in [7, 11) is 6.56. The van der Waals surface area contributed by atoms with Gasteiger partial charge in [0.15, 0.2) is 0 Å². The van der Waals surface area contributed by atoms with Gasteiger partial charge in [0.05, 0.1) is 34.2 Å². The molecular weight excluding hydrogens is 339 g/mol. The molecule has 0 saturated heterocycles. The van der Waals surface area contributed by atoms with Gasteiger partial charge in [-0.2, -0.15) is 0 Å². The van der Waals surface area contributed by atoms with Crippen molar-refractivity contribution in [2.45, 2.75) is 19.9 Å². The molecule has 18 heavy (non-hydrogen) atoms. The second-order valence-corrected chi connectivity index (χ2v) is 6.67. The van der Waals surface area contributed by atoms with Gasteiger partial charge >= 0.3 is 0 Å². The van der Waals surface area contributed by atoms with Gasteiger partial charge in [-0.05, 0) is 47.2 Å². The molecular formula is C14H25IN2O+2. The first kappa shape index (κ1) is 15.7. The maximum atomic E-state index is 10.1. The molecule has 3 nitrogen and oxygen atoms in total. The van der Waals surface area contributed by atoms with E-state index in [9.17, 15) is 5.11 Å². The molecule has 0 aliphatic carbocycles. The van der Waals surface area contributed by atoms with Gasteiger partial charge in [0, 0.05) is 15.6 Å². The van der Waals surface area contributed by atoms with E-state index in [4.69, 9.17) is 0 Å². The monoisotopic (exact) mass is 364 g/mol. The van der Waals surface area contributed by atoms with Gasteiger partial charge in [0.25, 0.3) is 0 Å². The zero-order valence-electron chi connectivity index (χ0n) is 11.8. The molecule has 0 bridgehead atoms. The van der Waals surface area contributed by atoms with E-state index in [1.807, 2.05) is 13.0 Å². The fourth-order valence-electron chi connectivity index (χ4n) is 2.10. The maximum absolute atomic E-state index is 10.1. The highest BCUT2D eigenvalue weighted by molar-refractivity contribution is 14.1. The number of hydrogen-bond acceptors (Lipinski definition) is 1. The minimum absolute atomic E-state index is 0.466. The van der Waals surface area contributed by atoms with Gasteiger partial charge in [-0.1, -0.05) is 0 Å². The highest BCUT2D eigenvalue weighted by Crippen LogP contribution is 2.24. The summed E-state index contributed by atoms with van der Waals surface area (Å²) in [4.78, 5) is 2.95. The minimum atomic E-state index is 0.466. The SMILES string of the molecule is Cc1cc(I)cc(C[NH+](C)CCC[NH+](C)C)c1O. The van der Waals surface area contributed by atoms with Crippen LogP contribution in [0.25, 0.3) is 0 Å². The van der Waals surface area contributed by atoms with Crippen LogP contribution in [0, 0.1) is 10.5 Å². The molecule has 0 aliphatic heterocycles. The maximum Gasteiger partial charge on any atom is 0.127 e. The Labute approximate surface area is 124 Å².